The average Bonchev–Trinajstić information content (AvgIpc) is 2.86. The summed E-state index contributed by atoms with van der Waals surface area (Å²) in [5.74, 6) is -1.34. The van der Waals surface area contributed by atoms with Gasteiger partial charge in [-0.1, -0.05) is 12.1 Å². The van der Waals surface area contributed by atoms with E-state index in [9.17, 15) is 9.59 Å². The van der Waals surface area contributed by atoms with E-state index in [0.29, 0.717) is 22.7 Å². The van der Waals surface area contributed by atoms with E-state index in [0.717, 1.165) is 10.4 Å². The zero-order valence-electron chi connectivity index (χ0n) is 11.7. The van der Waals surface area contributed by atoms with Crippen molar-refractivity contribution < 1.29 is 19.4 Å². The number of methoxy groups -OCH3 is 1. The van der Waals surface area contributed by atoms with Gasteiger partial charge < -0.3 is 15.2 Å². The summed E-state index contributed by atoms with van der Waals surface area (Å²) in [4.78, 5) is 23.9. The second-order valence-electron chi connectivity index (χ2n) is 4.41. The number of carbonyl (C=O) groups excluding carboxylic acids is 1. The van der Waals surface area contributed by atoms with Crippen molar-refractivity contribution in [2.45, 2.75) is 13.5 Å². The zero-order valence-corrected chi connectivity index (χ0v) is 12.5. The van der Waals surface area contributed by atoms with E-state index in [-0.39, 0.29) is 0 Å². The van der Waals surface area contributed by atoms with Crippen molar-refractivity contribution in [3.63, 3.8) is 0 Å². The number of ether oxygens (including phenoxy) is 1. The maximum Gasteiger partial charge on any atom is 0.345 e. The highest BCUT2D eigenvalue weighted by Gasteiger charge is 2.13. The summed E-state index contributed by atoms with van der Waals surface area (Å²) in [7, 11) is 1.33. The number of rotatable bonds is 5. The van der Waals surface area contributed by atoms with Crippen LogP contribution >= 0.6 is 11.3 Å². The molecule has 2 rings (SSSR count). The monoisotopic (exact) mass is 305 g/mol. The molecule has 1 heterocycles. The van der Waals surface area contributed by atoms with Crippen LogP contribution in [0.3, 0.4) is 0 Å². The molecular formula is C15H15NO4S. The van der Waals surface area contributed by atoms with E-state index in [1.54, 1.807) is 24.3 Å². The predicted molar refractivity (Wildman–Crippen MR) is 81.1 cm³/mol. The fraction of sp³-hybridized carbons (Fsp3) is 0.200. The lowest BCUT2D eigenvalue weighted by molar-refractivity contribution is 0.0601. The van der Waals surface area contributed by atoms with Gasteiger partial charge in [0.15, 0.2) is 0 Å². The summed E-state index contributed by atoms with van der Waals surface area (Å²) in [5, 5.41) is 12.1. The van der Waals surface area contributed by atoms with Crippen molar-refractivity contribution >= 4 is 29.0 Å². The molecule has 5 nitrogen and oxygen atoms in total. The van der Waals surface area contributed by atoms with Crippen molar-refractivity contribution in [1.82, 2.24) is 0 Å². The summed E-state index contributed by atoms with van der Waals surface area (Å²) in [6.45, 7) is 2.32. The molecule has 0 amide bonds. The number of para-hydroxylation sites is 1. The van der Waals surface area contributed by atoms with Crippen molar-refractivity contribution in [3.05, 3.63) is 51.2 Å². The molecule has 0 saturated carbocycles. The first-order valence-electron chi connectivity index (χ1n) is 6.26. The Bertz CT molecular complexity index is 678. The van der Waals surface area contributed by atoms with E-state index in [4.69, 9.17) is 9.84 Å². The smallest absolute Gasteiger partial charge is 0.345 e. The zero-order chi connectivity index (χ0) is 15.4. The second kappa shape index (κ2) is 6.41. The Hall–Kier alpha value is -2.34. The highest BCUT2D eigenvalue weighted by molar-refractivity contribution is 7.14. The van der Waals surface area contributed by atoms with Crippen LogP contribution in [0.2, 0.25) is 0 Å². The van der Waals surface area contributed by atoms with Gasteiger partial charge in [0.05, 0.1) is 12.7 Å². The number of esters is 1. The molecule has 0 bridgehead atoms. The Kier molecular flexibility index (Phi) is 4.59. The van der Waals surface area contributed by atoms with Crippen molar-refractivity contribution in [1.29, 1.82) is 0 Å². The predicted octanol–water partition coefficient (Wildman–Crippen LogP) is 3.15. The van der Waals surface area contributed by atoms with E-state index in [2.05, 4.69) is 5.32 Å². The fourth-order valence-electron chi connectivity index (χ4n) is 1.90. The normalized spacial score (nSPS) is 10.2. The van der Waals surface area contributed by atoms with Crippen LogP contribution in [0.5, 0.6) is 0 Å². The topological polar surface area (TPSA) is 75.6 Å². The molecule has 0 atom stereocenters. The number of thiophene rings is 1. The molecule has 110 valence electrons. The maximum atomic E-state index is 11.7. The lowest BCUT2D eigenvalue weighted by atomic mass is 10.1. The summed E-state index contributed by atoms with van der Waals surface area (Å²) in [6, 6.07) is 8.69. The third kappa shape index (κ3) is 3.41. The van der Waals surface area contributed by atoms with Gasteiger partial charge in [-0.2, -0.15) is 0 Å². The van der Waals surface area contributed by atoms with Gasteiger partial charge in [0, 0.05) is 17.1 Å². The van der Waals surface area contributed by atoms with Gasteiger partial charge in [-0.05, 0) is 30.7 Å². The molecule has 0 spiro atoms. The number of hydrogen-bond acceptors (Lipinski definition) is 5. The van der Waals surface area contributed by atoms with Crippen molar-refractivity contribution in [3.8, 4) is 0 Å². The maximum absolute atomic E-state index is 11.7. The van der Waals surface area contributed by atoms with Crippen LogP contribution in [-0.2, 0) is 11.3 Å². The number of anilines is 1. The van der Waals surface area contributed by atoms with Crippen LogP contribution in [0.4, 0.5) is 5.69 Å². The number of aryl methyl sites for hydroxylation is 1. The molecule has 0 saturated heterocycles. The van der Waals surface area contributed by atoms with Crippen LogP contribution < -0.4 is 5.32 Å². The molecule has 6 heteroatoms. The van der Waals surface area contributed by atoms with E-state index in [1.165, 1.54) is 18.4 Å². The Morgan fingerprint density at radius 1 is 1.33 bits per heavy atom. The van der Waals surface area contributed by atoms with Crippen LogP contribution in [0.1, 0.15) is 30.5 Å². The van der Waals surface area contributed by atoms with Crippen LogP contribution in [-0.4, -0.2) is 24.2 Å². The summed E-state index contributed by atoms with van der Waals surface area (Å²) >= 11 is 1.23. The molecular weight excluding hydrogens is 290 g/mol. The largest absolute Gasteiger partial charge is 0.477 e. The van der Waals surface area contributed by atoms with Crippen LogP contribution in [0.15, 0.2) is 30.3 Å². The van der Waals surface area contributed by atoms with Crippen molar-refractivity contribution in [2.75, 3.05) is 12.4 Å². The Labute approximate surface area is 126 Å². The third-order valence-corrected chi connectivity index (χ3v) is 4.23. The summed E-state index contributed by atoms with van der Waals surface area (Å²) in [6.07, 6.45) is 0. The lowest BCUT2D eigenvalue weighted by Crippen LogP contribution is -2.07. The molecule has 0 unspecified atom stereocenters. The fourth-order valence-corrected chi connectivity index (χ4v) is 2.85. The first-order valence-corrected chi connectivity index (χ1v) is 7.08. The number of benzene rings is 1. The number of carboxylic acid groups (broad SMARTS) is 1. The van der Waals surface area contributed by atoms with E-state index in [1.807, 2.05) is 13.0 Å². The molecule has 1 aromatic carbocycles. The highest BCUT2D eigenvalue weighted by Crippen LogP contribution is 2.24. The Balaban J connectivity index is 2.17. The highest BCUT2D eigenvalue weighted by atomic mass is 32.1. The molecule has 21 heavy (non-hydrogen) atoms. The molecule has 1 aromatic heterocycles. The van der Waals surface area contributed by atoms with Crippen molar-refractivity contribution in [2.24, 2.45) is 0 Å². The van der Waals surface area contributed by atoms with Crippen LogP contribution in [0.25, 0.3) is 0 Å². The first-order chi connectivity index (χ1) is 10.0. The Morgan fingerprint density at radius 2 is 2.05 bits per heavy atom. The van der Waals surface area contributed by atoms with Gasteiger partial charge in [0.2, 0.25) is 0 Å². The number of aromatic carboxylic acids is 1. The standard InChI is InChI=1S/C15H15NO4S/c1-9-7-12(14(17)18)21-13(9)8-16-11-6-4-3-5-10(11)15(19)20-2/h3-7,16H,8H2,1-2H3,(H,17,18). The minimum atomic E-state index is -0.927. The number of hydrogen-bond donors (Lipinski definition) is 2. The minimum Gasteiger partial charge on any atom is -0.477 e. The van der Waals surface area contributed by atoms with E-state index >= 15 is 0 Å². The SMILES string of the molecule is COC(=O)c1ccccc1NCc1sc(C(=O)O)cc1C. The number of carboxylic acids is 1. The third-order valence-electron chi connectivity index (χ3n) is 3.00. The van der Waals surface area contributed by atoms with Gasteiger partial charge in [-0.25, -0.2) is 9.59 Å². The number of carbonyl (C=O) groups is 2. The second-order valence-corrected chi connectivity index (χ2v) is 5.55. The molecule has 2 N–H and O–H groups in total. The van der Waals surface area contributed by atoms with Gasteiger partial charge in [-0.3, -0.25) is 0 Å². The molecule has 0 radical (unpaired) electrons. The molecule has 0 aliphatic rings. The lowest BCUT2D eigenvalue weighted by Gasteiger charge is -2.10. The Morgan fingerprint density at radius 3 is 2.67 bits per heavy atom. The molecule has 2 aromatic rings. The van der Waals surface area contributed by atoms with Gasteiger partial charge in [0.1, 0.15) is 4.88 Å². The average molecular weight is 305 g/mol. The van der Waals surface area contributed by atoms with Gasteiger partial charge in [-0.15, -0.1) is 11.3 Å². The van der Waals surface area contributed by atoms with Gasteiger partial charge in [0.25, 0.3) is 0 Å². The first kappa shape index (κ1) is 15.1. The summed E-state index contributed by atoms with van der Waals surface area (Å²) in [5.41, 5.74) is 2.03. The molecule has 0 aliphatic carbocycles. The molecule has 0 aliphatic heterocycles. The quantitative estimate of drug-likeness (QED) is 0.830. The van der Waals surface area contributed by atoms with E-state index < -0.39 is 11.9 Å². The summed E-state index contributed by atoms with van der Waals surface area (Å²) < 4.78 is 4.73. The number of nitrogens with one attached hydrogen (secondary N) is 1. The molecule has 0 fully saturated rings. The van der Waals surface area contributed by atoms with Crippen LogP contribution in [0, 0.1) is 6.92 Å². The van der Waals surface area contributed by atoms with Gasteiger partial charge >= 0.3 is 11.9 Å². The minimum absolute atomic E-state index is 0.311.